The molecule has 0 aliphatic rings. The highest BCUT2D eigenvalue weighted by atomic mass is 16.5. The van der Waals surface area contributed by atoms with E-state index in [0.29, 0.717) is 11.7 Å². The first-order valence-electron chi connectivity index (χ1n) is 7.50. The summed E-state index contributed by atoms with van der Waals surface area (Å²) in [6, 6.07) is 4.20. The van der Waals surface area contributed by atoms with Gasteiger partial charge in [0.1, 0.15) is 0 Å². The van der Waals surface area contributed by atoms with Gasteiger partial charge in [-0.1, -0.05) is 18.5 Å². The molecule has 2 N–H and O–H groups in total. The van der Waals surface area contributed by atoms with Crippen LogP contribution in [-0.4, -0.2) is 21.2 Å². The highest BCUT2D eigenvalue weighted by Crippen LogP contribution is 2.24. The molecule has 2 aromatic rings. The van der Waals surface area contributed by atoms with Crippen LogP contribution in [0.5, 0.6) is 0 Å². The standard InChI is InChI=1S/C16H24N4O/c1-10(6-5-7-11(2)17)16-19-15(20-21-16)14-8-12(3)18-13(4)9-14/h8-11H,5-7,17H2,1-4H3. The van der Waals surface area contributed by atoms with Crippen LogP contribution >= 0.6 is 0 Å². The fourth-order valence-corrected chi connectivity index (χ4v) is 2.39. The minimum atomic E-state index is 0.248. The third kappa shape index (κ3) is 4.36. The number of hydrogen-bond donors (Lipinski definition) is 1. The van der Waals surface area contributed by atoms with Crippen molar-refractivity contribution in [3.63, 3.8) is 0 Å². The van der Waals surface area contributed by atoms with Gasteiger partial charge in [-0.05, 0) is 45.7 Å². The van der Waals surface area contributed by atoms with Gasteiger partial charge in [-0.25, -0.2) is 0 Å². The van der Waals surface area contributed by atoms with Crippen molar-refractivity contribution in [1.29, 1.82) is 0 Å². The minimum Gasteiger partial charge on any atom is -0.339 e. The zero-order valence-electron chi connectivity index (χ0n) is 13.3. The average Bonchev–Trinajstić information content (AvgIpc) is 2.86. The first-order valence-corrected chi connectivity index (χ1v) is 7.50. The van der Waals surface area contributed by atoms with Crippen LogP contribution in [0.15, 0.2) is 16.7 Å². The van der Waals surface area contributed by atoms with Crippen LogP contribution in [0.4, 0.5) is 0 Å². The Morgan fingerprint density at radius 1 is 1.10 bits per heavy atom. The molecule has 0 saturated carbocycles. The van der Waals surface area contributed by atoms with E-state index in [1.165, 1.54) is 0 Å². The van der Waals surface area contributed by atoms with E-state index in [1.807, 2.05) is 32.9 Å². The fraction of sp³-hybridized carbons (Fsp3) is 0.562. The highest BCUT2D eigenvalue weighted by molar-refractivity contribution is 5.55. The second-order valence-corrected chi connectivity index (χ2v) is 5.90. The number of hydrogen-bond acceptors (Lipinski definition) is 5. The molecule has 0 fully saturated rings. The number of pyridine rings is 1. The summed E-state index contributed by atoms with van der Waals surface area (Å²) in [5, 5.41) is 4.09. The molecule has 2 atom stereocenters. The van der Waals surface area contributed by atoms with Crippen LogP contribution < -0.4 is 5.73 Å². The molecule has 2 aromatic heterocycles. The van der Waals surface area contributed by atoms with E-state index in [1.54, 1.807) is 0 Å². The summed E-state index contributed by atoms with van der Waals surface area (Å²) >= 11 is 0. The second kappa shape index (κ2) is 6.80. The zero-order chi connectivity index (χ0) is 15.4. The maximum absolute atomic E-state index is 5.77. The molecule has 0 aromatic carbocycles. The summed E-state index contributed by atoms with van der Waals surface area (Å²) in [7, 11) is 0. The van der Waals surface area contributed by atoms with Crippen LogP contribution in [0.2, 0.25) is 0 Å². The van der Waals surface area contributed by atoms with E-state index in [0.717, 1.165) is 36.2 Å². The largest absolute Gasteiger partial charge is 0.339 e. The number of aromatic nitrogens is 3. The summed E-state index contributed by atoms with van der Waals surface area (Å²) in [5.41, 5.74) is 8.64. The summed E-state index contributed by atoms with van der Waals surface area (Å²) in [4.78, 5) is 8.88. The van der Waals surface area contributed by atoms with E-state index in [2.05, 4.69) is 22.0 Å². The van der Waals surface area contributed by atoms with Crippen LogP contribution in [-0.2, 0) is 0 Å². The minimum absolute atomic E-state index is 0.248. The maximum Gasteiger partial charge on any atom is 0.229 e. The molecule has 0 amide bonds. The molecule has 114 valence electrons. The maximum atomic E-state index is 5.77. The summed E-state index contributed by atoms with van der Waals surface area (Å²) < 4.78 is 5.41. The van der Waals surface area contributed by atoms with Crippen molar-refractivity contribution in [3.05, 3.63) is 29.4 Å². The van der Waals surface area contributed by atoms with Gasteiger partial charge in [0.2, 0.25) is 11.7 Å². The smallest absolute Gasteiger partial charge is 0.229 e. The molecule has 0 aliphatic carbocycles. The lowest BCUT2D eigenvalue weighted by Gasteiger charge is -2.07. The van der Waals surface area contributed by atoms with Gasteiger partial charge in [0, 0.05) is 28.9 Å². The highest BCUT2D eigenvalue weighted by Gasteiger charge is 2.15. The van der Waals surface area contributed by atoms with Crippen LogP contribution in [0.1, 0.15) is 56.3 Å². The predicted octanol–water partition coefficient (Wildman–Crippen LogP) is 3.37. The number of rotatable bonds is 6. The molecule has 0 radical (unpaired) electrons. The zero-order valence-corrected chi connectivity index (χ0v) is 13.3. The van der Waals surface area contributed by atoms with E-state index in [9.17, 15) is 0 Å². The quantitative estimate of drug-likeness (QED) is 0.881. The normalized spacial score (nSPS) is 14.1. The van der Waals surface area contributed by atoms with E-state index in [-0.39, 0.29) is 12.0 Å². The Hall–Kier alpha value is -1.75. The lowest BCUT2D eigenvalue weighted by atomic mass is 10.0. The van der Waals surface area contributed by atoms with Gasteiger partial charge in [-0.15, -0.1) is 0 Å². The molecule has 2 unspecified atom stereocenters. The molecule has 0 bridgehead atoms. The molecule has 0 saturated heterocycles. The summed E-state index contributed by atoms with van der Waals surface area (Å²) in [6.45, 7) is 8.08. The number of aryl methyl sites for hydroxylation is 2. The van der Waals surface area contributed by atoms with Gasteiger partial charge in [-0.2, -0.15) is 4.98 Å². The first kappa shape index (κ1) is 15.6. The Labute approximate surface area is 126 Å². The lowest BCUT2D eigenvalue weighted by Crippen LogP contribution is -2.14. The van der Waals surface area contributed by atoms with Crippen molar-refractivity contribution in [2.75, 3.05) is 0 Å². The summed E-state index contributed by atoms with van der Waals surface area (Å²) in [6.07, 6.45) is 3.11. The SMILES string of the molecule is Cc1cc(-c2noc(C(C)CCCC(C)N)n2)cc(C)n1. The third-order valence-electron chi connectivity index (χ3n) is 3.50. The van der Waals surface area contributed by atoms with Crippen molar-refractivity contribution in [2.24, 2.45) is 5.73 Å². The molecule has 21 heavy (non-hydrogen) atoms. The van der Waals surface area contributed by atoms with Gasteiger partial charge in [0.25, 0.3) is 0 Å². The Morgan fingerprint density at radius 3 is 2.38 bits per heavy atom. The van der Waals surface area contributed by atoms with Crippen molar-refractivity contribution < 1.29 is 4.52 Å². The van der Waals surface area contributed by atoms with Gasteiger partial charge in [0.05, 0.1) is 0 Å². The van der Waals surface area contributed by atoms with Crippen LogP contribution in [0.25, 0.3) is 11.4 Å². The van der Waals surface area contributed by atoms with E-state index >= 15 is 0 Å². The second-order valence-electron chi connectivity index (χ2n) is 5.90. The monoisotopic (exact) mass is 288 g/mol. The first-order chi connectivity index (χ1) is 9.95. The van der Waals surface area contributed by atoms with Gasteiger partial charge < -0.3 is 10.3 Å². The Morgan fingerprint density at radius 2 is 1.76 bits per heavy atom. The molecular weight excluding hydrogens is 264 g/mol. The van der Waals surface area contributed by atoms with Crippen molar-refractivity contribution in [3.8, 4) is 11.4 Å². The predicted molar refractivity (Wildman–Crippen MR) is 82.9 cm³/mol. The van der Waals surface area contributed by atoms with Gasteiger partial charge >= 0.3 is 0 Å². The van der Waals surface area contributed by atoms with E-state index in [4.69, 9.17) is 10.3 Å². The van der Waals surface area contributed by atoms with Gasteiger partial charge in [-0.3, -0.25) is 4.98 Å². The van der Waals surface area contributed by atoms with Crippen molar-refractivity contribution >= 4 is 0 Å². The van der Waals surface area contributed by atoms with Crippen molar-refractivity contribution in [2.45, 2.75) is 58.9 Å². The molecule has 2 rings (SSSR count). The van der Waals surface area contributed by atoms with Gasteiger partial charge in [0.15, 0.2) is 0 Å². The molecular formula is C16H24N4O. The Balaban J connectivity index is 2.06. The Kier molecular flexibility index (Phi) is 5.07. The lowest BCUT2D eigenvalue weighted by molar-refractivity contribution is 0.350. The molecule has 0 spiro atoms. The topological polar surface area (TPSA) is 77.8 Å². The van der Waals surface area contributed by atoms with Crippen molar-refractivity contribution in [1.82, 2.24) is 15.1 Å². The fourth-order valence-electron chi connectivity index (χ4n) is 2.39. The van der Waals surface area contributed by atoms with Crippen LogP contribution in [0.3, 0.4) is 0 Å². The molecule has 0 aliphatic heterocycles. The average molecular weight is 288 g/mol. The van der Waals surface area contributed by atoms with Crippen LogP contribution in [0, 0.1) is 13.8 Å². The number of nitrogens with zero attached hydrogens (tertiary/aromatic N) is 3. The summed E-state index contributed by atoms with van der Waals surface area (Å²) in [5.74, 6) is 1.59. The van der Waals surface area contributed by atoms with E-state index < -0.39 is 0 Å². The Bertz CT molecular complexity index is 571. The third-order valence-corrected chi connectivity index (χ3v) is 3.50. The molecule has 5 nitrogen and oxygen atoms in total. The molecule has 2 heterocycles. The number of nitrogens with two attached hydrogens (primary N) is 1. The molecule has 5 heteroatoms.